The Morgan fingerprint density at radius 2 is 1.86 bits per heavy atom. The predicted molar refractivity (Wildman–Crippen MR) is 87.8 cm³/mol. The van der Waals surface area contributed by atoms with Gasteiger partial charge in [-0.25, -0.2) is 0 Å². The van der Waals surface area contributed by atoms with E-state index in [1.807, 2.05) is 36.4 Å². The van der Waals surface area contributed by atoms with E-state index in [1.54, 1.807) is 6.92 Å². The summed E-state index contributed by atoms with van der Waals surface area (Å²) in [7, 11) is 0. The summed E-state index contributed by atoms with van der Waals surface area (Å²) < 4.78 is 0. The van der Waals surface area contributed by atoms with Gasteiger partial charge < -0.3 is 5.21 Å². The molecule has 0 atom stereocenters. The molecule has 0 saturated heterocycles. The van der Waals surface area contributed by atoms with E-state index in [1.165, 1.54) is 0 Å². The zero-order valence-electron chi connectivity index (χ0n) is 13.1. The molecular weight excluding hydrogens is 274 g/mol. The standard InChI is InChI=1S/C19H19NO2/c1-12(21)14-6-4-5-7-15(14)13-8-9-16-17(10-13)19(2,3)11-18(16)20-22/h4-10,22H,11H2,1-3H3. The average Bonchev–Trinajstić information content (AvgIpc) is 2.78. The van der Waals surface area contributed by atoms with E-state index < -0.39 is 0 Å². The van der Waals surface area contributed by atoms with Crippen LogP contribution < -0.4 is 0 Å². The molecule has 2 aromatic carbocycles. The number of carbonyl (C=O) groups is 1. The summed E-state index contributed by atoms with van der Waals surface area (Å²) in [5, 5.41) is 12.6. The quantitative estimate of drug-likeness (QED) is 0.506. The summed E-state index contributed by atoms with van der Waals surface area (Å²) >= 11 is 0. The lowest BCUT2D eigenvalue weighted by Crippen LogP contribution is -2.12. The second-order valence-corrected chi connectivity index (χ2v) is 6.47. The smallest absolute Gasteiger partial charge is 0.160 e. The van der Waals surface area contributed by atoms with Gasteiger partial charge in [-0.2, -0.15) is 0 Å². The highest BCUT2D eigenvalue weighted by Gasteiger charge is 2.35. The summed E-state index contributed by atoms with van der Waals surface area (Å²) in [6.45, 7) is 5.88. The number of Topliss-reactive ketones (excluding diaryl/α,β-unsaturated/α-hetero) is 1. The lowest BCUT2D eigenvalue weighted by atomic mass is 9.84. The SMILES string of the molecule is CC(=O)c1ccccc1-c1ccc2c(c1)C(C)(C)CC2=NO. The molecule has 0 aromatic heterocycles. The molecule has 0 radical (unpaired) electrons. The predicted octanol–water partition coefficient (Wildman–Crippen LogP) is 4.42. The fraction of sp³-hybridized carbons (Fsp3) is 0.263. The van der Waals surface area contributed by atoms with Gasteiger partial charge in [0.25, 0.3) is 0 Å². The Balaban J connectivity index is 2.19. The lowest BCUT2D eigenvalue weighted by molar-refractivity contribution is 0.101. The largest absolute Gasteiger partial charge is 0.411 e. The maximum atomic E-state index is 11.8. The van der Waals surface area contributed by atoms with Gasteiger partial charge in [-0.05, 0) is 35.1 Å². The normalized spacial score (nSPS) is 17.5. The fourth-order valence-electron chi connectivity index (χ4n) is 3.26. The number of oxime groups is 1. The molecule has 0 saturated carbocycles. The van der Waals surface area contributed by atoms with Crippen molar-refractivity contribution in [1.29, 1.82) is 0 Å². The number of benzene rings is 2. The first kappa shape index (κ1) is 14.5. The molecule has 0 unspecified atom stereocenters. The summed E-state index contributed by atoms with van der Waals surface area (Å²) in [6.07, 6.45) is 0.719. The van der Waals surface area contributed by atoms with E-state index in [2.05, 4.69) is 25.1 Å². The third kappa shape index (κ3) is 2.23. The Kier molecular flexibility index (Phi) is 3.36. The molecular formula is C19H19NO2. The van der Waals surface area contributed by atoms with Crippen LogP contribution in [0.2, 0.25) is 0 Å². The zero-order valence-corrected chi connectivity index (χ0v) is 13.1. The number of fused-ring (bicyclic) bond motifs is 1. The van der Waals surface area contributed by atoms with E-state index >= 15 is 0 Å². The minimum absolute atomic E-state index is 0.0629. The van der Waals surface area contributed by atoms with E-state index in [4.69, 9.17) is 0 Å². The lowest BCUT2D eigenvalue weighted by Gasteiger charge is -2.19. The monoisotopic (exact) mass is 293 g/mol. The van der Waals surface area contributed by atoms with Crippen LogP contribution in [-0.4, -0.2) is 16.7 Å². The van der Waals surface area contributed by atoms with Crippen LogP contribution in [0.4, 0.5) is 0 Å². The molecule has 0 heterocycles. The van der Waals surface area contributed by atoms with Gasteiger partial charge in [-0.15, -0.1) is 0 Å². The molecule has 112 valence electrons. The Morgan fingerprint density at radius 1 is 1.14 bits per heavy atom. The number of nitrogens with zero attached hydrogens (tertiary/aromatic N) is 1. The number of rotatable bonds is 2. The molecule has 0 fully saturated rings. The molecule has 1 aliphatic carbocycles. The number of hydrogen-bond acceptors (Lipinski definition) is 3. The molecule has 22 heavy (non-hydrogen) atoms. The van der Waals surface area contributed by atoms with Gasteiger partial charge in [-0.3, -0.25) is 4.79 Å². The van der Waals surface area contributed by atoms with Crippen LogP contribution >= 0.6 is 0 Å². The molecule has 0 bridgehead atoms. The number of hydrogen-bond donors (Lipinski definition) is 1. The first-order valence-corrected chi connectivity index (χ1v) is 7.40. The van der Waals surface area contributed by atoms with Crippen LogP contribution in [0.25, 0.3) is 11.1 Å². The molecule has 2 aromatic rings. The molecule has 0 aliphatic heterocycles. The highest BCUT2D eigenvalue weighted by Crippen LogP contribution is 2.41. The van der Waals surface area contributed by atoms with E-state index in [0.717, 1.165) is 39.9 Å². The van der Waals surface area contributed by atoms with Gasteiger partial charge >= 0.3 is 0 Å². The van der Waals surface area contributed by atoms with Crippen molar-refractivity contribution in [2.24, 2.45) is 5.16 Å². The third-order valence-corrected chi connectivity index (χ3v) is 4.41. The molecule has 1 aliphatic rings. The van der Waals surface area contributed by atoms with Crippen molar-refractivity contribution in [3.8, 4) is 11.1 Å². The molecule has 0 amide bonds. The second kappa shape index (κ2) is 5.09. The van der Waals surface area contributed by atoms with Gasteiger partial charge in [0, 0.05) is 17.5 Å². The number of carbonyl (C=O) groups excluding carboxylic acids is 1. The highest BCUT2D eigenvalue weighted by atomic mass is 16.4. The molecule has 3 rings (SSSR count). The maximum absolute atomic E-state index is 11.8. The van der Waals surface area contributed by atoms with Gasteiger partial charge in [0.15, 0.2) is 5.78 Å². The Bertz CT molecular complexity index is 788. The summed E-state index contributed by atoms with van der Waals surface area (Å²) in [6, 6.07) is 13.8. The first-order chi connectivity index (χ1) is 10.4. The van der Waals surface area contributed by atoms with Gasteiger partial charge in [0.05, 0.1) is 5.71 Å². The second-order valence-electron chi connectivity index (χ2n) is 6.47. The average molecular weight is 293 g/mol. The third-order valence-electron chi connectivity index (χ3n) is 4.41. The summed E-state index contributed by atoms with van der Waals surface area (Å²) in [5.41, 5.74) is 5.52. The van der Waals surface area contributed by atoms with Crippen LogP contribution in [-0.2, 0) is 5.41 Å². The Morgan fingerprint density at radius 3 is 2.55 bits per heavy atom. The topological polar surface area (TPSA) is 49.7 Å². The van der Waals surface area contributed by atoms with Crippen molar-refractivity contribution >= 4 is 11.5 Å². The van der Waals surface area contributed by atoms with Crippen LogP contribution in [0.1, 0.15) is 48.7 Å². The van der Waals surface area contributed by atoms with Gasteiger partial charge in [-0.1, -0.05) is 55.4 Å². The zero-order chi connectivity index (χ0) is 15.9. The van der Waals surface area contributed by atoms with Crippen molar-refractivity contribution in [2.45, 2.75) is 32.6 Å². The highest BCUT2D eigenvalue weighted by molar-refractivity contribution is 6.06. The molecule has 3 heteroatoms. The van der Waals surface area contributed by atoms with Crippen molar-refractivity contribution in [2.75, 3.05) is 0 Å². The van der Waals surface area contributed by atoms with Crippen LogP contribution in [0, 0.1) is 0 Å². The summed E-state index contributed by atoms with van der Waals surface area (Å²) in [4.78, 5) is 11.8. The maximum Gasteiger partial charge on any atom is 0.160 e. The minimum Gasteiger partial charge on any atom is -0.411 e. The van der Waals surface area contributed by atoms with Crippen molar-refractivity contribution in [3.05, 3.63) is 59.2 Å². The Hall–Kier alpha value is -2.42. The van der Waals surface area contributed by atoms with Crippen molar-refractivity contribution < 1.29 is 10.0 Å². The molecule has 3 nitrogen and oxygen atoms in total. The fourth-order valence-corrected chi connectivity index (χ4v) is 3.26. The van der Waals surface area contributed by atoms with E-state index in [9.17, 15) is 10.0 Å². The van der Waals surface area contributed by atoms with Crippen molar-refractivity contribution in [3.63, 3.8) is 0 Å². The van der Waals surface area contributed by atoms with Crippen LogP contribution in [0.15, 0.2) is 47.6 Å². The first-order valence-electron chi connectivity index (χ1n) is 7.40. The minimum atomic E-state index is -0.0714. The van der Waals surface area contributed by atoms with Crippen LogP contribution in [0.5, 0.6) is 0 Å². The van der Waals surface area contributed by atoms with Crippen molar-refractivity contribution in [1.82, 2.24) is 0 Å². The van der Waals surface area contributed by atoms with Gasteiger partial charge in [0.1, 0.15) is 0 Å². The Labute approximate surface area is 130 Å². The van der Waals surface area contributed by atoms with E-state index in [0.29, 0.717) is 0 Å². The summed E-state index contributed by atoms with van der Waals surface area (Å²) in [5.74, 6) is 0.0629. The van der Waals surface area contributed by atoms with E-state index in [-0.39, 0.29) is 11.2 Å². The van der Waals surface area contributed by atoms with Crippen LogP contribution in [0.3, 0.4) is 0 Å². The molecule has 0 spiro atoms. The molecule has 1 N–H and O–H groups in total. The number of ketones is 1. The van der Waals surface area contributed by atoms with Gasteiger partial charge in [0.2, 0.25) is 0 Å².